The lowest BCUT2D eigenvalue weighted by Gasteiger charge is -2.43. The van der Waals surface area contributed by atoms with Crippen molar-refractivity contribution in [2.24, 2.45) is 5.92 Å². The molecule has 16 heavy (non-hydrogen) atoms. The monoisotopic (exact) mass is 236 g/mol. The maximum atomic E-state index is 5.91. The molecule has 0 aliphatic heterocycles. The minimum Gasteiger partial charge on any atom is -0.302 e. The van der Waals surface area contributed by atoms with Gasteiger partial charge in [-0.2, -0.15) is 0 Å². The van der Waals surface area contributed by atoms with Crippen LogP contribution in [0.2, 0.25) is 5.02 Å². The van der Waals surface area contributed by atoms with Crippen molar-refractivity contribution in [3.8, 4) is 0 Å². The highest BCUT2D eigenvalue weighted by Crippen LogP contribution is 2.47. The molecule has 1 aliphatic rings. The highest BCUT2D eigenvalue weighted by atomic mass is 35.5. The molecule has 0 N–H and O–H groups in total. The summed E-state index contributed by atoms with van der Waals surface area (Å²) in [6.45, 7) is 2.24. The molecule has 0 bridgehead atoms. The van der Waals surface area contributed by atoms with Crippen LogP contribution in [0.25, 0.3) is 0 Å². The van der Waals surface area contributed by atoms with E-state index in [2.05, 4.69) is 38.1 Å². The molecule has 2 rings (SSSR count). The summed E-state index contributed by atoms with van der Waals surface area (Å²) in [5.41, 5.74) is 1.43. The van der Waals surface area contributed by atoms with E-state index >= 15 is 0 Å². The third kappa shape index (κ3) is 2.26. The number of nitrogens with zero attached hydrogens (tertiary/aromatic N) is 1. The first-order chi connectivity index (χ1) is 7.59. The molecule has 1 nitrogen and oxygen atoms in total. The van der Waals surface area contributed by atoms with Crippen molar-refractivity contribution in [2.45, 2.75) is 25.7 Å². The van der Waals surface area contributed by atoms with Gasteiger partial charge in [0.1, 0.15) is 0 Å². The highest BCUT2D eigenvalue weighted by Gasteiger charge is 2.36. The average Bonchev–Trinajstić information content (AvgIpc) is 2.19. The van der Waals surface area contributed by atoms with Gasteiger partial charge < -0.3 is 4.90 Å². The molecule has 2 unspecified atom stereocenters. The Morgan fingerprint density at radius 1 is 1.19 bits per heavy atom. The highest BCUT2D eigenvalue weighted by molar-refractivity contribution is 6.30. The molecule has 0 heterocycles. The van der Waals surface area contributed by atoms with Gasteiger partial charge >= 0.3 is 0 Å². The predicted octanol–water partition coefficient (Wildman–Crippen LogP) is 3.95. The first-order valence-corrected chi connectivity index (χ1v) is 6.23. The molecule has 0 amide bonds. The molecule has 87 valence electrons. The summed E-state index contributed by atoms with van der Waals surface area (Å²) in [7, 11) is 4.26. The SMILES string of the molecule is C[C](C1CCC1c1ccc(Cl)cc1)N(C)C. The number of halogens is 1. The van der Waals surface area contributed by atoms with Crippen LogP contribution in [0.3, 0.4) is 0 Å². The van der Waals surface area contributed by atoms with Gasteiger partial charge in [0.15, 0.2) is 0 Å². The van der Waals surface area contributed by atoms with Crippen molar-refractivity contribution in [3.63, 3.8) is 0 Å². The van der Waals surface area contributed by atoms with E-state index in [-0.39, 0.29) is 0 Å². The smallest absolute Gasteiger partial charge is 0.0406 e. The maximum Gasteiger partial charge on any atom is 0.0406 e. The fourth-order valence-electron chi connectivity index (χ4n) is 2.44. The van der Waals surface area contributed by atoms with Crippen LogP contribution in [-0.4, -0.2) is 19.0 Å². The van der Waals surface area contributed by atoms with Crippen LogP contribution in [0.5, 0.6) is 0 Å². The lowest BCUT2D eigenvalue weighted by atomic mass is 9.67. The zero-order chi connectivity index (χ0) is 11.7. The quantitative estimate of drug-likeness (QED) is 0.768. The van der Waals surface area contributed by atoms with Crippen molar-refractivity contribution in [1.29, 1.82) is 0 Å². The molecule has 0 aromatic heterocycles. The van der Waals surface area contributed by atoms with Gasteiger partial charge in [-0.05, 0) is 63.4 Å². The normalized spacial score (nSPS) is 24.9. The Hall–Kier alpha value is -0.530. The second kappa shape index (κ2) is 4.77. The van der Waals surface area contributed by atoms with Crippen LogP contribution in [0, 0.1) is 12.0 Å². The fourth-order valence-corrected chi connectivity index (χ4v) is 2.57. The van der Waals surface area contributed by atoms with Gasteiger partial charge in [-0.15, -0.1) is 0 Å². The minimum atomic E-state index is 0.694. The number of hydrogen-bond donors (Lipinski definition) is 0. The average molecular weight is 237 g/mol. The maximum absolute atomic E-state index is 5.91. The lowest BCUT2D eigenvalue weighted by Crippen LogP contribution is -2.35. The molecular formula is C14H19ClN. The van der Waals surface area contributed by atoms with Crippen molar-refractivity contribution < 1.29 is 0 Å². The van der Waals surface area contributed by atoms with E-state index in [0.29, 0.717) is 5.92 Å². The molecule has 0 spiro atoms. The number of benzene rings is 1. The van der Waals surface area contributed by atoms with Gasteiger partial charge in [-0.25, -0.2) is 0 Å². The lowest BCUT2D eigenvalue weighted by molar-refractivity contribution is 0.199. The van der Waals surface area contributed by atoms with Crippen LogP contribution in [0.4, 0.5) is 0 Å². The summed E-state index contributed by atoms with van der Waals surface area (Å²) in [4.78, 5) is 2.24. The van der Waals surface area contributed by atoms with Crippen LogP contribution in [-0.2, 0) is 0 Å². The minimum absolute atomic E-state index is 0.694. The molecule has 1 radical (unpaired) electrons. The van der Waals surface area contributed by atoms with Gasteiger partial charge in [-0.1, -0.05) is 23.7 Å². The Bertz CT molecular complexity index is 344. The second-order valence-electron chi connectivity index (χ2n) is 4.88. The van der Waals surface area contributed by atoms with Crippen molar-refractivity contribution >= 4 is 11.6 Å². The van der Waals surface area contributed by atoms with Crippen molar-refractivity contribution in [2.75, 3.05) is 14.1 Å². The zero-order valence-corrected chi connectivity index (χ0v) is 11.0. The summed E-state index contributed by atoms with van der Waals surface area (Å²) in [5.74, 6) is 1.41. The van der Waals surface area contributed by atoms with Gasteiger partial charge in [-0.3, -0.25) is 0 Å². The first-order valence-electron chi connectivity index (χ1n) is 5.86. The van der Waals surface area contributed by atoms with E-state index in [4.69, 9.17) is 11.6 Å². The Morgan fingerprint density at radius 2 is 1.81 bits per heavy atom. The number of hydrogen-bond acceptors (Lipinski definition) is 1. The molecule has 1 aromatic carbocycles. The third-order valence-electron chi connectivity index (χ3n) is 3.81. The Kier molecular flexibility index (Phi) is 3.56. The summed E-state index contributed by atoms with van der Waals surface area (Å²) in [5, 5.41) is 0.827. The van der Waals surface area contributed by atoms with Crippen LogP contribution >= 0.6 is 11.6 Å². The first kappa shape index (κ1) is 11.9. The number of rotatable bonds is 3. The second-order valence-corrected chi connectivity index (χ2v) is 5.31. The van der Waals surface area contributed by atoms with E-state index in [1.807, 2.05) is 12.1 Å². The third-order valence-corrected chi connectivity index (χ3v) is 4.07. The topological polar surface area (TPSA) is 3.24 Å². The van der Waals surface area contributed by atoms with Gasteiger partial charge in [0, 0.05) is 11.1 Å². The fraction of sp³-hybridized carbons (Fsp3) is 0.500. The van der Waals surface area contributed by atoms with E-state index in [1.165, 1.54) is 24.4 Å². The van der Waals surface area contributed by atoms with Gasteiger partial charge in [0.25, 0.3) is 0 Å². The standard InChI is InChI=1S/C14H19ClN/c1-10(16(2)3)13-8-9-14(13)11-4-6-12(15)7-5-11/h4-7,13-14H,8-9H2,1-3H3. The van der Waals surface area contributed by atoms with Crippen molar-refractivity contribution in [1.82, 2.24) is 4.90 Å². The van der Waals surface area contributed by atoms with Gasteiger partial charge in [0.05, 0.1) is 0 Å². The molecule has 2 atom stereocenters. The Balaban J connectivity index is 2.08. The summed E-state index contributed by atoms with van der Waals surface area (Å²) in [6, 6.07) is 9.82. The van der Waals surface area contributed by atoms with Crippen LogP contribution in [0.15, 0.2) is 24.3 Å². The molecule has 1 fully saturated rings. The van der Waals surface area contributed by atoms with E-state index in [1.54, 1.807) is 0 Å². The van der Waals surface area contributed by atoms with Crippen molar-refractivity contribution in [3.05, 3.63) is 40.9 Å². The molecular weight excluding hydrogens is 218 g/mol. The Morgan fingerprint density at radius 3 is 2.25 bits per heavy atom. The van der Waals surface area contributed by atoms with E-state index < -0.39 is 0 Å². The summed E-state index contributed by atoms with van der Waals surface area (Å²) in [6.07, 6.45) is 2.62. The van der Waals surface area contributed by atoms with E-state index in [9.17, 15) is 0 Å². The molecule has 2 heteroatoms. The van der Waals surface area contributed by atoms with Crippen LogP contribution in [0.1, 0.15) is 31.2 Å². The Labute approximate surface area is 103 Å². The predicted molar refractivity (Wildman–Crippen MR) is 69.5 cm³/mol. The zero-order valence-electron chi connectivity index (χ0n) is 10.2. The largest absolute Gasteiger partial charge is 0.302 e. The molecule has 1 aromatic rings. The molecule has 0 saturated heterocycles. The van der Waals surface area contributed by atoms with Gasteiger partial charge in [0.2, 0.25) is 0 Å². The van der Waals surface area contributed by atoms with Crippen LogP contribution < -0.4 is 0 Å². The summed E-state index contributed by atoms with van der Waals surface area (Å²) >= 11 is 5.91. The summed E-state index contributed by atoms with van der Waals surface area (Å²) < 4.78 is 0. The van der Waals surface area contributed by atoms with E-state index in [0.717, 1.165) is 10.9 Å². The molecule has 1 saturated carbocycles. The molecule has 1 aliphatic carbocycles.